The van der Waals surface area contributed by atoms with Crippen molar-refractivity contribution >= 4 is 15.9 Å². The number of unbranched alkanes of at least 4 members (excludes halogenated alkanes) is 1. The van der Waals surface area contributed by atoms with E-state index in [4.69, 9.17) is 10.4 Å². The maximum atomic E-state index is 8.66. The van der Waals surface area contributed by atoms with Gasteiger partial charge in [-0.15, -0.1) is 0 Å². The lowest BCUT2D eigenvalue weighted by atomic mass is 10.2. The molecule has 0 aliphatic heterocycles. The van der Waals surface area contributed by atoms with Crippen LogP contribution in [0.2, 0.25) is 0 Å². The molecule has 0 radical (unpaired) electrons. The van der Waals surface area contributed by atoms with Crippen molar-refractivity contribution < 1.29 is 33.7 Å². The van der Waals surface area contributed by atoms with E-state index in [9.17, 15) is 0 Å². The summed E-state index contributed by atoms with van der Waals surface area (Å²) in [5.41, 5.74) is 1.01. The standard InChI is InChI=1S/C11H14BrN2O.HI/c12-11-9-14(6-1-2-8-15)7-4-10(11)3-5-13;/h4,7,9,15H,1-3,6,8H2;1H/q+1;/p-1. The first-order chi connectivity index (χ1) is 7.27. The second-order valence-corrected chi connectivity index (χ2v) is 4.18. The quantitative estimate of drug-likeness (QED) is 0.377. The van der Waals surface area contributed by atoms with E-state index in [0.717, 1.165) is 29.4 Å². The van der Waals surface area contributed by atoms with Crippen molar-refractivity contribution in [2.75, 3.05) is 6.61 Å². The van der Waals surface area contributed by atoms with Gasteiger partial charge in [-0.1, -0.05) is 0 Å². The van der Waals surface area contributed by atoms with Crippen molar-refractivity contribution in [1.29, 1.82) is 5.26 Å². The summed E-state index contributed by atoms with van der Waals surface area (Å²) < 4.78 is 3.02. The van der Waals surface area contributed by atoms with Crippen molar-refractivity contribution in [2.45, 2.75) is 25.8 Å². The van der Waals surface area contributed by atoms with E-state index in [2.05, 4.69) is 26.6 Å². The summed E-state index contributed by atoms with van der Waals surface area (Å²) in [7, 11) is 0. The van der Waals surface area contributed by atoms with Gasteiger partial charge in [-0.3, -0.25) is 0 Å². The summed E-state index contributed by atoms with van der Waals surface area (Å²) in [5.74, 6) is 0. The fourth-order valence-corrected chi connectivity index (χ4v) is 1.85. The molecular weight excluding hydrogens is 383 g/mol. The van der Waals surface area contributed by atoms with Gasteiger partial charge in [0.05, 0.1) is 17.0 Å². The number of aromatic nitrogens is 1. The Morgan fingerprint density at radius 2 is 2.19 bits per heavy atom. The van der Waals surface area contributed by atoms with E-state index in [1.165, 1.54) is 0 Å². The first kappa shape index (κ1) is 15.8. The average molecular weight is 397 g/mol. The van der Waals surface area contributed by atoms with Gasteiger partial charge in [0.1, 0.15) is 6.54 Å². The van der Waals surface area contributed by atoms with E-state index in [1.54, 1.807) is 0 Å². The monoisotopic (exact) mass is 396 g/mol. The fourth-order valence-electron chi connectivity index (χ4n) is 1.31. The van der Waals surface area contributed by atoms with Gasteiger partial charge in [0.15, 0.2) is 12.4 Å². The number of pyridine rings is 1. The fraction of sp³-hybridized carbons (Fsp3) is 0.455. The molecule has 3 nitrogen and oxygen atoms in total. The second kappa shape index (κ2) is 8.90. The minimum atomic E-state index is 0. The second-order valence-electron chi connectivity index (χ2n) is 3.32. The number of aliphatic hydroxyl groups is 1. The zero-order valence-electron chi connectivity index (χ0n) is 8.87. The minimum Gasteiger partial charge on any atom is -1.00 e. The maximum Gasteiger partial charge on any atom is 0.183 e. The predicted octanol–water partition coefficient (Wildman–Crippen LogP) is -1.42. The summed E-state index contributed by atoms with van der Waals surface area (Å²) in [5, 5.41) is 17.2. The highest BCUT2D eigenvalue weighted by Gasteiger charge is 2.06. The predicted molar refractivity (Wildman–Crippen MR) is 60.0 cm³/mol. The molecular formula is C11H14BrIN2O. The lowest BCUT2D eigenvalue weighted by Gasteiger charge is -1.99. The third-order valence-corrected chi connectivity index (χ3v) is 2.86. The first-order valence-corrected chi connectivity index (χ1v) is 5.72. The average Bonchev–Trinajstić information content (AvgIpc) is 2.23. The number of hydrogen-bond acceptors (Lipinski definition) is 2. The molecule has 0 spiro atoms. The largest absolute Gasteiger partial charge is 1.00 e. The molecule has 0 aromatic carbocycles. The first-order valence-electron chi connectivity index (χ1n) is 4.93. The van der Waals surface area contributed by atoms with Gasteiger partial charge >= 0.3 is 0 Å². The van der Waals surface area contributed by atoms with E-state index < -0.39 is 0 Å². The molecule has 1 aromatic rings. The van der Waals surface area contributed by atoms with Gasteiger partial charge < -0.3 is 29.1 Å². The molecule has 1 heterocycles. The summed E-state index contributed by atoms with van der Waals surface area (Å²) in [6.07, 6.45) is 6.16. The van der Waals surface area contributed by atoms with E-state index in [0.29, 0.717) is 6.42 Å². The van der Waals surface area contributed by atoms with Crippen molar-refractivity contribution in [2.24, 2.45) is 0 Å². The zero-order valence-corrected chi connectivity index (χ0v) is 12.6. The van der Waals surface area contributed by atoms with Crippen LogP contribution in [0.1, 0.15) is 18.4 Å². The molecule has 0 saturated carbocycles. The molecule has 1 N–H and O–H groups in total. The summed E-state index contributed by atoms with van der Waals surface area (Å²) in [6, 6.07) is 4.07. The van der Waals surface area contributed by atoms with Crippen LogP contribution >= 0.6 is 15.9 Å². The molecule has 88 valence electrons. The Morgan fingerprint density at radius 1 is 1.44 bits per heavy atom. The number of rotatable bonds is 5. The van der Waals surface area contributed by atoms with Crippen LogP contribution in [-0.4, -0.2) is 11.7 Å². The topological polar surface area (TPSA) is 47.9 Å². The van der Waals surface area contributed by atoms with Crippen LogP contribution in [0.3, 0.4) is 0 Å². The molecule has 16 heavy (non-hydrogen) atoms. The Bertz CT molecular complexity index is 365. The van der Waals surface area contributed by atoms with Crippen molar-refractivity contribution in [3.8, 4) is 6.07 Å². The number of hydrogen-bond donors (Lipinski definition) is 1. The van der Waals surface area contributed by atoms with Crippen molar-refractivity contribution in [3.05, 3.63) is 28.5 Å². The molecule has 0 amide bonds. The molecule has 0 saturated heterocycles. The smallest absolute Gasteiger partial charge is 0.183 e. The van der Waals surface area contributed by atoms with E-state index >= 15 is 0 Å². The van der Waals surface area contributed by atoms with E-state index in [-0.39, 0.29) is 30.6 Å². The van der Waals surface area contributed by atoms with E-state index in [1.807, 2.05) is 18.5 Å². The summed E-state index contributed by atoms with van der Waals surface area (Å²) in [4.78, 5) is 0. The maximum absolute atomic E-state index is 8.66. The molecule has 0 unspecified atom stereocenters. The van der Waals surface area contributed by atoms with Crippen LogP contribution in [0.15, 0.2) is 22.9 Å². The zero-order chi connectivity index (χ0) is 11.1. The van der Waals surface area contributed by atoms with Gasteiger partial charge in [-0.2, -0.15) is 5.26 Å². The van der Waals surface area contributed by atoms with Crippen LogP contribution in [0, 0.1) is 11.3 Å². The van der Waals surface area contributed by atoms with Gasteiger partial charge in [0, 0.05) is 19.1 Å². The number of aryl methyl sites for hydroxylation is 1. The van der Waals surface area contributed by atoms with Crippen LogP contribution in [0.25, 0.3) is 0 Å². The Balaban J connectivity index is 0.00000225. The Labute approximate surface area is 121 Å². The highest BCUT2D eigenvalue weighted by molar-refractivity contribution is 9.10. The molecule has 0 aliphatic rings. The lowest BCUT2D eigenvalue weighted by Crippen LogP contribution is -3.00. The molecule has 0 atom stereocenters. The van der Waals surface area contributed by atoms with Gasteiger partial charge in [-0.25, -0.2) is 4.57 Å². The SMILES string of the molecule is N#CCc1cc[n+](CCCCO)cc1Br.[I-]. The Morgan fingerprint density at radius 3 is 2.75 bits per heavy atom. The third-order valence-electron chi connectivity index (χ3n) is 2.15. The van der Waals surface area contributed by atoms with Crippen LogP contribution in [0.5, 0.6) is 0 Å². The van der Waals surface area contributed by atoms with Gasteiger partial charge in [-0.05, 0) is 27.9 Å². The van der Waals surface area contributed by atoms with Crippen LogP contribution in [0.4, 0.5) is 0 Å². The number of aliphatic hydroxyl groups excluding tert-OH is 1. The van der Waals surface area contributed by atoms with Crippen molar-refractivity contribution in [1.82, 2.24) is 0 Å². The van der Waals surface area contributed by atoms with Crippen LogP contribution in [-0.2, 0) is 13.0 Å². The van der Waals surface area contributed by atoms with Gasteiger partial charge in [0.2, 0.25) is 0 Å². The lowest BCUT2D eigenvalue weighted by molar-refractivity contribution is -0.698. The normalized spacial score (nSPS) is 9.31. The van der Waals surface area contributed by atoms with Gasteiger partial charge in [0.25, 0.3) is 0 Å². The highest BCUT2D eigenvalue weighted by atomic mass is 127. The number of nitriles is 1. The highest BCUT2D eigenvalue weighted by Crippen LogP contribution is 2.13. The Kier molecular flexibility index (Phi) is 8.80. The minimum absolute atomic E-state index is 0. The molecule has 0 aliphatic carbocycles. The molecule has 5 heteroatoms. The molecule has 0 fully saturated rings. The van der Waals surface area contributed by atoms with Crippen molar-refractivity contribution in [3.63, 3.8) is 0 Å². The molecule has 1 aromatic heterocycles. The third kappa shape index (κ3) is 5.23. The Hall–Kier alpha value is -0.190. The molecule has 1 rings (SSSR count). The summed E-state index contributed by atoms with van der Waals surface area (Å²) >= 11 is 3.44. The number of nitrogens with zero attached hydrogens (tertiary/aromatic N) is 2. The number of halogens is 2. The summed E-state index contributed by atoms with van der Waals surface area (Å²) in [6.45, 7) is 1.14. The van der Waals surface area contributed by atoms with Crippen LogP contribution < -0.4 is 28.5 Å². The molecule has 0 bridgehead atoms.